The maximum atomic E-state index is 13.5. The molecule has 2 aliphatic heterocycles. The molecule has 8 nitrogen and oxygen atoms in total. The quantitative estimate of drug-likeness (QED) is 0.624. The Hall–Kier alpha value is -3.53. The lowest BCUT2D eigenvalue weighted by Crippen LogP contribution is -2.52. The van der Waals surface area contributed by atoms with Crippen molar-refractivity contribution >= 4 is 23.4 Å². The lowest BCUT2D eigenvalue weighted by Gasteiger charge is -2.36. The normalized spacial score (nSPS) is 19.0. The van der Waals surface area contributed by atoms with Crippen LogP contribution in [-0.4, -0.2) is 62.0 Å². The Kier molecular flexibility index (Phi) is 7.06. The molecule has 0 bridgehead atoms. The van der Waals surface area contributed by atoms with E-state index in [1.165, 1.54) is 13.2 Å². The van der Waals surface area contributed by atoms with Crippen LogP contribution in [0.4, 0.5) is 14.5 Å². The first-order valence-electron chi connectivity index (χ1n) is 11.1. The van der Waals surface area contributed by atoms with E-state index in [1.807, 2.05) is 6.07 Å². The highest BCUT2D eigenvalue weighted by Crippen LogP contribution is 2.30. The van der Waals surface area contributed by atoms with E-state index in [4.69, 9.17) is 4.74 Å². The lowest BCUT2D eigenvalue weighted by atomic mass is 10.1. The van der Waals surface area contributed by atoms with E-state index in [2.05, 4.69) is 20.4 Å². The molecule has 2 N–H and O–H groups in total. The third-order valence-electron chi connectivity index (χ3n) is 6.09. The van der Waals surface area contributed by atoms with Crippen LogP contribution in [0.5, 0.6) is 5.75 Å². The summed E-state index contributed by atoms with van der Waals surface area (Å²) < 4.78 is 32.2. The Balaban J connectivity index is 1.37. The Labute approximate surface area is 195 Å². The third-order valence-corrected chi connectivity index (χ3v) is 6.09. The summed E-state index contributed by atoms with van der Waals surface area (Å²) in [4.78, 5) is 40.2. The first-order chi connectivity index (χ1) is 16.3. The number of anilines is 1. The maximum absolute atomic E-state index is 13.5. The number of halogens is 2. The van der Waals surface area contributed by atoms with Crippen molar-refractivity contribution < 1.29 is 27.9 Å². The highest BCUT2D eigenvalue weighted by Gasteiger charge is 2.28. The number of hydrogen-bond donors (Lipinski definition) is 2. The van der Waals surface area contributed by atoms with Crippen LogP contribution in [0.15, 0.2) is 36.4 Å². The summed E-state index contributed by atoms with van der Waals surface area (Å²) >= 11 is 0. The summed E-state index contributed by atoms with van der Waals surface area (Å²) in [5, 5.41) is 4.88. The fourth-order valence-electron chi connectivity index (χ4n) is 4.20. The highest BCUT2D eigenvalue weighted by molar-refractivity contribution is 6.04. The van der Waals surface area contributed by atoms with Crippen LogP contribution in [0.25, 0.3) is 0 Å². The summed E-state index contributed by atoms with van der Waals surface area (Å²) in [5.74, 6) is -2.43. The number of amides is 3. The second-order valence-corrected chi connectivity index (χ2v) is 8.38. The summed E-state index contributed by atoms with van der Waals surface area (Å²) in [6.07, 6.45) is 0.446. The number of piperidine rings is 1. The fraction of sp³-hybridized carbons (Fsp3) is 0.375. The Morgan fingerprint density at radius 3 is 2.53 bits per heavy atom. The van der Waals surface area contributed by atoms with Crippen molar-refractivity contribution in [3.8, 4) is 5.75 Å². The molecule has 0 radical (unpaired) electrons. The molecule has 180 valence electrons. The summed E-state index contributed by atoms with van der Waals surface area (Å²) in [5.41, 5.74) is 1.91. The van der Waals surface area contributed by atoms with Gasteiger partial charge in [0.05, 0.1) is 12.8 Å². The van der Waals surface area contributed by atoms with Crippen LogP contribution in [0.1, 0.15) is 28.8 Å². The molecular formula is C24H26F2N4O4. The van der Waals surface area contributed by atoms with Crippen molar-refractivity contribution in [2.45, 2.75) is 25.4 Å². The zero-order valence-corrected chi connectivity index (χ0v) is 18.8. The minimum Gasteiger partial charge on any atom is -0.495 e. The number of carbonyl (C=O) groups excluding carboxylic acids is 3. The number of hydrogen-bond acceptors (Lipinski definition) is 6. The first kappa shape index (κ1) is 23.6. The van der Waals surface area contributed by atoms with Crippen LogP contribution in [0.3, 0.4) is 0 Å². The Morgan fingerprint density at radius 1 is 1.09 bits per heavy atom. The number of rotatable bonds is 6. The van der Waals surface area contributed by atoms with Crippen molar-refractivity contribution in [3.63, 3.8) is 0 Å². The van der Waals surface area contributed by atoms with E-state index in [1.54, 1.807) is 18.2 Å². The van der Waals surface area contributed by atoms with Crippen molar-refractivity contribution in [1.29, 1.82) is 0 Å². The number of imide groups is 1. The molecular weight excluding hydrogens is 446 g/mol. The van der Waals surface area contributed by atoms with Gasteiger partial charge in [0.15, 0.2) is 11.6 Å². The average Bonchev–Trinajstić information content (AvgIpc) is 2.83. The predicted octanol–water partition coefficient (Wildman–Crippen LogP) is 1.83. The molecule has 0 aromatic heterocycles. The average molecular weight is 472 g/mol. The topological polar surface area (TPSA) is 91.0 Å². The van der Waals surface area contributed by atoms with Crippen molar-refractivity contribution in [3.05, 3.63) is 59.2 Å². The van der Waals surface area contributed by atoms with E-state index < -0.39 is 29.5 Å². The molecule has 0 aliphatic carbocycles. The molecule has 2 saturated heterocycles. The molecule has 34 heavy (non-hydrogen) atoms. The minimum absolute atomic E-state index is 0.182. The molecule has 2 heterocycles. The first-order valence-corrected chi connectivity index (χ1v) is 11.1. The zero-order valence-electron chi connectivity index (χ0n) is 18.8. The van der Waals surface area contributed by atoms with E-state index in [0.29, 0.717) is 30.9 Å². The molecule has 0 saturated carbocycles. The maximum Gasteiger partial charge on any atom is 0.252 e. The van der Waals surface area contributed by atoms with Crippen LogP contribution in [-0.2, 0) is 16.1 Å². The molecule has 3 amide bonds. The number of ether oxygens (including phenoxy) is 1. The SMILES string of the molecule is COc1cc(C(=O)NC2CCC(=O)NC2=O)ccc1N1CCN(Cc2ccc(F)c(F)c2)CC1. The van der Waals surface area contributed by atoms with Gasteiger partial charge < -0.3 is 15.0 Å². The number of nitrogens with one attached hydrogen (secondary N) is 2. The summed E-state index contributed by atoms with van der Waals surface area (Å²) in [7, 11) is 1.53. The lowest BCUT2D eigenvalue weighted by molar-refractivity contribution is -0.134. The van der Waals surface area contributed by atoms with Crippen LogP contribution in [0.2, 0.25) is 0 Å². The number of benzene rings is 2. The minimum atomic E-state index is -0.852. The second-order valence-electron chi connectivity index (χ2n) is 8.38. The van der Waals surface area contributed by atoms with Crippen LogP contribution < -0.4 is 20.3 Å². The molecule has 0 spiro atoms. The molecule has 2 aromatic rings. The standard InChI is InChI=1S/C24H26F2N4O4/c1-34-21-13-16(23(32)27-19-5-7-22(31)28-24(19)33)3-6-20(21)30-10-8-29(9-11-30)14-15-2-4-17(25)18(26)12-15/h2-4,6,12-13,19H,5,7-11,14H2,1H3,(H,27,32)(H,28,31,33). The van der Waals surface area contributed by atoms with Gasteiger partial charge in [-0.25, -0.2) is 8.78 Å². The third kappa shape index (κ3) is 5.33. The van der Waals surface area contributed by atoms with E-state index >= 15 is 0 Å². The van der Waals surface area contributed by atoms with Crippen molar-refractivity contribution in [2.24, 2.45) is 0 Å². The number of nitrogens with zero attached hydrogens (tertiary/aromatic N) is 2. The zero-order chi connectivity index (χ0) is 24.2. The summed E-state index contributed by atoms with van der Waals surface area (Å²) in [6.45, 7) is 3.37. The monoisotopic (exact) mass is 472 g/mol. The largest absolute Gasteiger partial charge is 0.495 e. The predicted molar refractivity (Wildman–Crippen MR) is 120 cm³/mol. The van der Waals surface area contributed by atoms with E-state index in [-0.39, 0.29) is 18.7 Å². The highest BCUT2D eigenvalue weighted by atomic mass is 19.2. The Morgan fingerprint density at radius 2 is 1.85 bits per heavy atom. The van der Waals surface area contributed by atoms with Crippen LogP contribution >= 0.6 is 0 Å². The van der Waals surface area contributed by atoms with Crippen LogP contribution in [0, 0.1) is 11.6 Å². The molecule has 2 fully saturated rings. The van der Waals surface area contributed by atoms with Gasteiger partial charge in [0.2, 0.25) is 11.8 Å². The van der Waals surface area contributed by atoms with Gasteiger partial charge >= 0.3 is 0 Å². The second kappa shape index (κ2) is 10.2. The van der Waals surface area contributed by atoms with Gasteiger partial charge in [0, 0.05) is 44.7 Å². The van der Waals surface area contributed by atoms with E-state index in [9.17, 15) is 23.2 Å². The van der Waals surface area contributed by atoms with Gasteiger partial charge in [0.25, 0.3) is 5.91 Å². The van der Waals surface area contributed by atoms with Gasteiger partial charge in [-0.1, -0.05) is 6.07 Å². The molecule has 2 aliphatic rings. The number of piperazine rings is 1. The van der Waals surface area contributed by atoms with Gasteiger partial charge in [-0.05, 0) is 42.3 Å². The fourth-order valence-corrected chi connectivity index (χ4v) is 4.20. The van der Waals surface area contributed by atoms with Gasteiger partial charge in [-0.3, -0.25) is 24.6 Å². The van der Waals surface area contributed by atoms with Gasteiger partial charge in [-0.15, -0.1) is 0 Å². The molecule has 10 heteroatoms. The summed E-state index contributed by atoms with van der Waals surface area (Å²) in [6, 6.07) is 8.32. The van der Waals surface area contributed by atoms with Crippen molar-refractivity contribution in [1.82, 2.24) is 15.5 Å². The molecule has 1 unspecified atom stereocenters. The Bertz CT molecular complexity index is 1100. The van der Waals surface area contributed by atoms with Crippen molar-refractivity contribution in [2.75, 3.05) is 38.2 Å². The smallest absolute Gasteiger partial charge is 0.252 e. The number of carbonyl (C=O) groups is 3. The molecule has 2 aromatic carbocycles. The number of methoxy groups -OCH3 is 1. The van der Waals surface area contributed by atoms with Gasteiger partial charge in [0.1, 0.15) is 11.8 Å². The van der Waals surface area contributed by atoms with E-state index in [0.717, 1.165) is 30.4 Å². The van der Waals surface area contributed by atoms with Gasteiger partial charge in [-0.2, -0.15) is 0 Å². The molecule has 4 rings (SSSR count). The molecule has 1 atom stereocenters.